The molecule has 1 aliphatic heterocycles. The van der Waals surface area contributed by atoms with Gasteiger partial charge in [0.1, 0.15) is 0 Å². The molecule has 1 aliphatic rings. The summed E-state index contributed by atoms with van der Waals surface area (Å²) in [6.07, 6.45) is 2.36. The van der Waals surface area contributed by atoms with Crippen LogP contribution in [-0.4, -0.2) is 32.9 Å². The number of benzene rings is 2. The first-order valence-electron chi connectivity index (χ1n) is 8.64. The molecule has 0 bridgehead atoms. The van der Waals surface area contributed by atoms with Crippen LogP contribution in [0.1, 0.15) is 29.2 Å². The minimum atomic E-state index is 0.0858. The normalized spacial score (nSPS) is 18.1. The van der Waals surface area contributed by atoms with Gasteiger partial charge in [0.05, 0.1) is 17.9 Å². The molecule has 0 spiro atoms. The van der Waals surface area contributed by atoms with Gasteiger partial charge in [0.15, 0.2) is 0 Å². The Morgan fingerprint density at radius 3 is 2.62 bits per heavy atom. The largest absolute Gasteiger partial charge is 0.376 e. The van der Waals surface area contributed by atoms with E-state index in [0.29, 0.717) is 6.54 Å². The van der Waals surface area contributed by atoms with Gasteiger partial charge in [-0.2, -0.15) is 0 Å². The summed E-state index contributed by atoms with van der Waals surface area (Å²) in [6, 6.07) is 18.3. The van der Waals surface area contributed by atoms with E-state index in [1.54, 1.807) is 11.8 Å². The van der Waals surface area contributed by atoms with Crippen LogP contribution in [0.2, 0.25) is 5.02 Å². The van der Waals surface area contributed by atoms with E-state index in [-0.39, 0.29) is 11.4 Å². The molecule has 7 heteroatoms. The molecule has 1 saturated heterocycles. The molecule has 2 atom stereocenters. The molecule has 134 valence electrons. The predicted molar refractivity (Wildman–Crippen MR) is 102 cm³/mol. The van der Waals surface area contributed by atoms with E-state index in [1.165, 1.54) is 5.56 Å². The van der Waals surface area contributed by atoms with Gasteiger partial charge in [-0.05, 0) is 46.5 Å². The van der Waals surface area contributed by atoms with E-state index in [2.05, 4.69) is 39.8 Å². The van der Waals surface area contributed by atoms with Gasteiger partial charge < -0.3 is 4.74 Å². The fraction of sp³-hybridized carbons (Fsp3) is 0.316. The van der Waals surface area contributed by atoms with E-state index in [4.69, 9.17) is 16.3 Å². The van der Waals surface area contributed by atoms with Crippen molar-refractivity contribution >= 4 is 23.4 Å². The number of thioether (sulfide) groups is 1. The Labute approximate surface area is 161 Å². The summed E-state index contributed by atoms with van der Waals surface area (Å²) < 4.78 is 7.58. The molecule has 2 heterocycles. The number of hydrogen-bond acceptors (Lipinski definition) is 5. The van der Waals surface area contributed by atoms with Crippen LogP contribution in [0.3, 0.4) is 0 Å². The third-order valence-electron chi connectivity index (χ3n) is 4.40. The monoisotopic (exact) mass is 386 g/mol. The minimum absolute atomic E-state index is 0.0858. The second-order valence-corrected chi connectivity index (χ2v) is 7.75. The summed E-state index contributed by atoms with van der Waals surface area (Å²) in [4.78, 5) is 0. The summed E-state index contributed by atoms with van der Waals surface area (Å²) in [5.41, 5.74) is 2.36. The molecule has 1 aromatic heterocycles. The van der Waals surface area contributed by atoms with Crippen molar-refractivity contribution in [1.29, 1.82) is 0 Å². The molecule has 0 radical (unpaired) electrons. The first-order valence-corrected chi connectivity index (χ1v) is 9.90. The van der Waals surface area contributed by atoms with Crippen LogP contribution < -0.4 is 0 Å². The van der Waals surface area contributed by atoms with E-state index in [1.807, 2.05) is 35.0 Å². The molecule has 3 aromatic rings. The van der Waals surface area contributed by atoms with E-state index in [0.717, 1.165) is 35.2 Å². The van der Waals surface area contributed by atoms with Crippen molar-refractivity contribution in [3.63, 3.8) is 0 Å². The standard InChI is InChI=1S/C19H19ClN4OS/c20-16-10-8-15(9-11-16)18(14-5-2-1-3-6-14)26-19-21-22-23-24(19)13-17-7-4-12-25-17/h1-3,5-6,8-11,17-18H,4,7,12-13H2. The van der Waals surface area contributed by atoms with Gasteiger partial charge in [-0.25, -0.2) is 4.68 Å². The SMILES string of the molecule is Clc1ccc(C(Sc2nnnn2CC2CCCO2)c2ccccc2)cc1. The fourth-order valence-electron chi connectivity index (χ4n) is 3.08. The first kappa shape index (κ1) is 17.5. The van der Waals surface area contributed by atoms with Crippen LogP contribution in [0.5, 0.6) is 0 Å². The Morgan fingerprint density at radius 1 is 1.12 bits per heavy atom. The van der Waals surface area contributed by atoms with Crippen LogP contribution in [0.25, 0.3) is 0 Å². The maximum absolute atomic E-state index is 6.07. The van der Waals surface area contributed by atoms with Crippen LogP contribution in [0.15, 0.2) is 59.8 Å². The topological polar surface area (TPSA) is 52.8 Å². The lowest BCUT2D eigenvalue weighted by Gasteiger charge is -2.18. The highest BCUT2D eigenvalue weighted by molar-refractivity contribution is 7.99. The number of halogens is 1. The number of tetrazole rings is 1. The number of nitrogens with zero attached hydrogens (tertiary/aromatic N) is 4. The molecule has 2 unspecified atom stereocenters. The highest BCUT2D eigenvalue weighted by atomic mass is 35.5. The van der Waals surface area contributed by atoms with E-state index < -0.39 is 0 Å². The smallest absolute Gasteiger partial charge is 0.210 e. The lowest BCUT2D eigenvalue weighted by Crippen LogP contribution is -2.17. The average Bonchev–Trinajstić information content (AvgIpc) is 3.34. The zero-order valence-electron chi connectivity index (χ0n) is 14.2. The van der Waals surface area contributed by atoms with Crippen molar-refractivity contribution in [1.82, 2.24) is 20.2 Å². The van der Waals surface area contributed by atoms with E-state index >= 15 is 0 Å². The number of aromatic nitrogens is 4. The molecule has 26 heavy (non-hydrogen) atoms. The van der Waals surface area contributed by atoms with Crippen LogP contribution in [0, 0.1) is 0 Å². The summed E-state index contributed by atoms with van der Waals surface area (Å²) >= 11 is 7.71. The molecule has 0 saturated carbocycles. The highest BCUT2D eigenvalue weighted by Gasteiger charge is 2.22. The summed E-state index contributed by atoms with van der Waals surface area (Å²) in [7, 11) is 0. The van der Waals surface area contributed by atoms with Crippen molar-refractivity contribution in [2.75, 3.05) is 6.61 Å². The van der Waals surface area contributed by atoms with Crippen molar-refractivity contribution in [2.24, 2.45) is 0 Å². The Balaban J connectivity index is 1.61. The molecule has 1 fully saturated rings. The Hall–Kier alpha value is -1.89. The quantitative estimate of drug-likeness (QED) is 0.588. The summed E-state index contributed by atoms with van der Waals surface area (Å²) in [5, 5.41) is 13.9. The lowest BCUT2D eigenvalue weighted by molar-refractivity contribution is 0.0911. The van der Waals surface area contributed by atoms with Crippen LogP contribution in [-0.2, 0) is 11.3 Å². The molecule has 2 aromatic carbocycles. The van der Waals surface area contributed by atoms with Gasteiger partial charge >= 0.3 is 0 Å². The molecule has 0 amide bonds. The van der Waals surface area contributed by atoms with Crippen molar-refractivity contribution in [3.8, 4) is 0 Å². The predicted octanol–water partition coefficient (Wildman–Crippen LogP) is 4.39. The maximum Gasteiger partial charge on any atom is 0.210 e. The van der Waals surface area contributed by atoms with Crippen molar-refractivity contribution < 1.29 is 4.74 Å². The lowest BCUT2D eigenvalue weighted by atomic mass is 10.0. The number of ether oxygens (including phenoxy) is 1. The van der Waals surface area contributed by atoms with Crippen molar-refractivity contribution in [3.05, 3.63) is 70.7 Å². The number of hydrogen-bond donors (Lipinski definition) is 0. The number of rotatable bonds is 6. The summed E-state index contributed by atoms with van der Waals surface area (Å²) in [6.45, 7) is 1.52. The molecular formula is C19H19ClN4OS. The van der Waals surface area contributed by atoms with Crippen LogP contribution in [0.4, 0.5) is 0 Å². The Kier molecular flexibility index (Phi) is 5.53. The van der Waals surface area contributed by atoms with Gasteiger partial charge in [0, 0.05) is 11.6 Å². The highest BCUT2D eigenvalue weighted by Crippen LogP contribution is 2.39. The second-order valence-electron chi connectivity index (χ2n) is 6.24. The molecular weight excluding hydrogens is 368 g/mol. The zero-order valence-corrected chi connectivity index (χ0v) is 15.7. The van der Waals surface area contributed by atoms with Crippen molar-refractivity contribution in [2.45, 2.75) is 35.9 Å². The van der Waals surface area contributed by atoms with Gasteiger partial charge in [-0.15, -0.1) is 5.10 Å². The van der Waals surface area contributed by atoms with Gasteiger partial charge in [0.2, 0.25) is 5.16 Å². The zero-order chi connectivity index (χ0) is 17.8. The molecule has 4 rings (SSSR count). The van der Waals surface area contributed by atoms with Crippen LogP contribution >= 0.6 is 23.4 Å². The first-order chi connectivity index (χ1) is 12.8. The third kappa shape index (κ3) is 4.09. The second kappa shape index (κ2) is 8.20. The summed E-state index contributed by atoms with van der Waals surface area (Å²) in [5.74, 6) is 0. The Bertz CT molecular complexity index is 834. The average molecular weight is 387 g/mol. The third-order valence-corrected chi connectivity index (χ3v) is 5.93. The Morgan fingerprint density at radius 2 is 1.88 bits per heavy atom. The van der Waals surface area contributed by atoms with Gasteiger partial charge in [-0.1, -0.05) is 65.8 Å². The van der Waals surface area contributed by atoms with Gasteiger partial charge in [-0.3, -0.25) is 0 Å². The molecule has 0 aliphatic carbocycles. The maximum atomic E-state index is 6.07. The minimum Gasteiger partial charge on any atom is -0.376 e. The molecule has 0 N–H and O–H groups in total. The van der Waals surface area contributed by atoms with E-state index in [9.17, 15) is 0 Å². The fourth-order valence-corrected chi connectivity index (χ4v) is 4.32. The van der Waals surface area contributed by atoms with Gasteiger partial charge in [0.25, 0.3) is 0 Å². The molecule has 5 nitrogen and oxygen atoms in total.